The first-order valence-corrected chi connectivity index (χ1v) is 5.71. The zero-order chi connectivity index (χ0) is 11.5. The minimum atomic E-state index is -4.39. The van der Waals surface area contributed by atoms with Gasteiger partial charge in [0.15, 0.2) is 5.44 Å². The first-order chi connectivity index (χ1) is 6.93. The molecule has 2 N–H and O–H groups in total. The van der Waals surface area contributed by atoms with Gasteiger partial charge < -0.3 is 9.84 Å². The van der Waals surface area contributed by atoms with Gasteiger partial charge in [-0.1, -0.05) is 12.1 Å². The molecule has 0 aliphatic carbocycles. The lowest BCUT2D eigenvalue weighted by Crippen LogP contribution is -2.22. The average Bonchev–Trinajstić information content (AvgIpc) is 2.17. The molecule has 6 heteroatoms. The van der Waals surface area contributed by atoms with Crippen LogP contribution in [0.25, 0.3) is 0 Å². The SMILES string of the molecule is COc1ccc(CC(O)S(=O)(=O)O)cc1. The zero-order valence-electron chi connectivity index (χ0n) is 8.12. The first-order valence-electron chi connectivity index (χ1n) is 4.21. The summed E-state index contributed by atoms with van der Waals surface area (Å²) in [6.07, 6.45) is -0.150. The van der Waals surface area contributed by atoms with E-state index in [9.17, 15) is 8.42 Å². The predicted molar refractivity (Wildman–Crippen MR) is 54.3 cm³/mol. The Bertz CT molecular complexity index is 409. The molecule has 0 aromatic heterocycles. The molecule has 0 radical (unpaired) electrons. The number of hydrogen-bond donors (Lipinski definition) is 2. The van der Waals surface area contributed by atoms with Crippen molar-refractivity contribution in [3.63, 3.8) is 0 Å². The molecule has 1 aromatic rings. The summed E-state index contributed by atoms with van der Waals surface area (Å²) in [5.74, 6) is 0.639. The minimum Gasteiger partial charge on any atom is -0.497 e. The van der Waals surface area contributed by atoms with Crippen molar-refractivity contribution in [1.29, 1.82) is 0 Å². The van der Waals surface area contributed by atoms with Crippen LogP contribution in [0.15, 0.2) is 24.3 Å². The Hall–Kier alpha value is -1.11. The molecule has 15 heavy (non-hydrogen) atoms. The lowest BCUT2D eigenvalue weighted by atomic mass is 10.1. The zero-order valence-corrected chi connectivity index (χ0v) is 8.94. The van der Waals surface area contributed by atoms with Gasteiger partial charge in [0.05, 0.1) is 7.11 Å². The van der Waals surface area contributed by atoms with Crippen molar-refractivity contribution in [2.75, 3.05) is 7.11 Å². The smallest absolute Gasteiger partial charge is 0.292 e. The largest absolute Gasteiger partial charge is 0.497 e. The van der Waals surface area contributed by atoms with Gasteiger partial charge in [0.2, 0.25) is 0 Å². The highest BCUT2D eigenvalue weighted by atomic mass is 32.2. The Morgan fingerprint density at radius 1 is 1.33 bits per heavy atom. The predicted octanol–water partition coefficient (Wildman–Crippen LogP) is 0.444. The number of aliphatic hydroxyl groups excluding tert-OH is 1. The molecule has 1 aromatic carbocycles. The van der Waals surface area contributed by atoms with Gasteiger partial charge >= 0.3 is 0 Å². The minimum absolute atomic E-state index is 0.150. The maximum absolute atomic E-state index is 10.5. The molecule has 1 unspecified atom stereocenters. The van der Waals surface area contributed by atoms with Gasteiger partial charge in [-0.2, -0.15) is 8.42 Å². The Morgan fingerprint density at radius 3 is 2.27 bits per heavy atom. The van der Waals surface area contributed by atoms with E-state index in [0.717, 1.165) is 0 Å². The fraction of sp³-hybridized carbons (Fsp3) is 0.333. The summed E-state index contributed by atoms with van der Waals surface area (Å²) in [6, 6.07) is 6.53. The van der Waals surface area contributed by atoms with E-state index < -0.39 is 15.6 Å². The lowest BCUT2D eigenvalue weighted by molar-refractivity contribution is 0.233. The van der Waals surface area contributed by atoms with E-state index in [0.29, 0.717) is 11.3 Å². The lowest BCUT2D eigenvalue weighted by Gasteiger charge is -2.07. The molecule has 84 valence electrons. The summed E-state index contributed by atoms with van der Waals surface area (Å²) < 4.78 is 34.5. The van der Waals surface area contributed by atoms with Crippen LogP contribution in [-0.4, -0.2) is 30.6 Å². The summed E-state index contributed by atoms with van der Waals surface area (Å²) in [7, 11) is -2.88. The average molecular weight is 232 g/mol. The molecule has 5 nitrogen and oxygen atoms in total. The van der Waals surface area contributed by atoms with E-state index in [1.165, 1.54) is 7.11 Å². The summed E-state index contributed by atoms with van der Waals surface area (Å²) in [4.78, 5) is 0. The van der Waals surface area contributed by atoms with Gasteiger partial charge in [-0.15, -0.1) is 0 Å². The van der Waals surface area contributed by atoms with Crippen LogP contribution < -0.4 is 4.74 Å². The molecule has 0 saturated carbocycles. The second-order valence-electron chi connectivity index (χ2n) is 3.02. The highest BCUT2D eigenvalue weighted by Crippen LogP contribution is 2.13. The number of hydrogen-bond acceptors (Lipinski definition) is 4. The summed E-state index contributed by atoms with van der Waals surface area (Å²) >= 11 is 0. The Balaban J connectivity index is 2.74. The van der Waals surface area contributed by atoms with Crippen LogP contribution in [-0.2, 0) is 16.5 Å². The molecule has 1 rings (SSSR count). The molecule has 0 aliphatic heterocycles. The van der Waals surface area contributed by atoms with Gasteiger partial charge in [0.1, 0.15) is 5.75 Å². The summed E-state index contributed by atoms with van der Waals surface area (Å²) in [5, 5.41) is 9.10. The van der Waals surface area contributed by atoms with Crippen molar-refractivity contribution in [2.45, 2.75) is 11.9 Å². The molecule has 1 atom stereocenters. The van der Waals surface area contributed by atoms with Gasteiger partial charge in [0.25, 0.3) is 10.1 Å². The van der Waals surface area contributed by atoms with Crippen LogP contribution >= 0.6 is 0 Å². The van der Waals surface area contributed by atoms with Crippen molar-refractivity contribution in [1.82, 2.24) is 0 Å². The highest BCUT2D eigenvalue weighted by molar-refractivity contribution is 7.86. The van der Waals surface area contributed by atoms with Crippen LogP contribution in [0, 0.1) is 0 Å². The maximum Gasteiger partial charge on any atom is 0.292 e. The number of methoxy groups -OCH3 is 1. The number of benzene rings is 1. The second-order valence-corrected chi connectivity index (χ2v) is 4.60. The Labute approximate surface area is 88.1 Å². The topological polar surface area (TPSA) is 83.8 Å². The van der Waals surface area contributed by atoms with Crippen LogP contribution in [0.2, 0.25) is 0 Å². The van der Waals surface area contributed by atoms with Gasteiger partial charge in [-0.3, -0.25) is 4.55 Å². The number of rotatable bonds is 4. The summed E-state index contributed by atoms with van der Waals surface area (Å²) in [5.41, 5.74) is -1.19. The maximum atomic E-state index is 10.5. The molecule has 0 spiro atoms. The van der Waals surface area contributed by atoms with Crippen LogP contribution in [0.1, 0.15) is 5.56 Å². The highest BCUT2D eigenvalue weighted by Gasteiger charge is 2.19. The van der Waals surface area contributed by atoms with Crippen molar-refractivity contribution < 1.29 is 22.8 Å². The first kappa shape index (κ1) is 12.0. The van der Waals surface area contributed by atoms with Crippen LogP contribution in [0.4, 0.5) is 0 Å². The summed E-state index contributed by atoms with van der Waals surface area (Å²) in [6.45, 7) is 0. The van der Waals surface area contributed by atoms with Gasteiger partial charge in [0, 0.05) is 6.42 Å². The van der Waals surface area contributed by atoms with Crippen LogP contribution in [0.5, 0.6) is 5.75 Å². The molecule has 0 saturated heterocycles. The van der Waals surface area contributed by atoms with E-state index in [1.54, 1.807) is 24.3 Å². The second kappa shape index (κ2) is 4.61. The molecular formula is C9H12O5S. The fourth-order valence-electron chi connectivity index (χ4n) is 1.07. The quantitative estimate of drug-likeness (QED) is 0.736. The van der Waals surface area contributed by atoms with Crippen molar-refractivity contribution in [3.8, 4) is 5.75 Å². The monoisotopic (exact) mass is 232 g/mol. The fourth-order valence-corrected chi connectivity index (χ4v) is 1.47. The van der Waals surface area contributed by atoms with E-state index in [4.69, 9.17) is 14.4 Å². The third-order valence-corrected chi connectivity index (χ3v) is 2.77. The van der Waals surface area contributed by atoms with E-state index in [-0.39, 0.29) is 6.42 Å². The van der Waals surface area contributed by atoms with Crippen molar-refractivity contribution in [3.05, 3.63) is 29.8 Å². The molecule has 0 aliphatic rings. The van der Waals surface area contributed by atoms with Gasteiger partial charge in [-0.05, 0) is 17.7 Å². The third kappa shape index (κ3) is 3.50. The third-order valence-electron chi connectivity index (χ3n) is 1.91. The molecule has 0 bridgehead atoms. The van der Waals surface area contributed by atoms with E-state index >= 15 is 0 Å². The standard InChI is InChI=1S/C9H12O5S/c1-14-8-4-2-7(3-5-8)6-9(10)15(11,12)13/h2-5,9-10H,6H2,1H3,(H,11,12,13). The number of aliphatic hydroxyl groups is 1. The Morgan fingerprint density at radius 2 is 1.87 bits per heavy atom. The molecular weight excluding hydrogens is 220 g/mol. The van der Waals surface area contributed by atoms with Crippen molar-refractivity contribution >= 4 is 10.1 Å². The van der Waals surface area contributed by atoms with Gasteiger partial charge in [-0.25, -0.2) is 0 Å². The van der Waals surface area contributed by atoms with Crippen molar-refractivity contribution in [2.24, 2.45) is 0 Å². The normalized spacial score (nSPS) is 13.5. The van der Waals surface area contributed by atoms with E-state index in [1.807, 2.05) is 0 Å². The van der Waals surface area contributed by atoms with Crippen LogP contribution in [0.3, 0.4) is 0 Å². The Kier molecular flexibility index (Phi) is 3.67. The molecule has 0 fully saturated rings. The molecule has 0 heterocycles. The van der Waals surface area contributed by atoms with E-state index in [2.05, 4.69) is 0 Å². The number of ether oxygens (including phenoxy) is 1. The molecule has 0 amide bonds.